The van der Waals surface area contributed by atoms with E-state index in [2.05, 4.69) is 4.74 Å². The molecule has 1 saturated carbocycles. The first-order valence-electron chi connectivity index (χ1n) is 4.48. The Balaban J connectivity index is 2.18. The third-order valence-corrected chi connectivity index (χ3v) is 2.93. The van der Waals surface area contributed by atoms with Crippen LogP contribution in [0.4, 0.5) is 0 Å². The Hall–Kier alpha value is -0.860. The molecule has 1 heterocycles. The van der Waals surface area contributed by atoms with Gasteiger partial charge in [-0.2, -0.15) is 0 Å². The molecule has 2 fully saturated rings. The number of cyclic esters (lactones) is 2. The molecule has 0 aromatic rings. The highest BCUT2D eigenvalue weighted by molar-refractivity contribution is 5.97. The van der Waals surface area contributed by atoms with Crippen molar-refractivity contribution < 1.29 is 14.3 Å². The summed E-state index contributed by atoms with van der Waals surface area (Å²) in [4.78, 5) is 22.2. The van der Waals surface area contributed by atoms with E-state index in [4.69, 9.17) is 0 Å². The second kappa shape index (κ2) is 2.57. The number of esters is 2. The van der Waals surface area contributed by atoms with Crippen molar-refractivity contribution in [1.29, 1.82) is 0 Å². The maximum absolute atomic E-state index is 11.3. The monoisotopic (exact) mass is 168 g/mol. The van der Waals surface area contributed by atoms with Crippen LogP contribution in [0.25, 0.3) is 0 Å². The molecule has 0 radical (unpaired) electrons. The van der Waals surface area contributed by atoms with Crippen LogP contribution < -0.4 is 0 Å². The molecule has 0 aromatic heterocycles. The van der Waals surface area contributed by atoms with Crippen molar-refractivity contribution in [2.75, 3.05) is 0 Å². The minimum Gasteiger partial charge on any atom is -0.393 e. The number of carbonyl (C=O) groups excluding carboxylic acids is 2. The molecule has 0 atom stereocenters. The lowest BCUT2D eigenvalue weighted by atomic mass is 9.73. The van der Waals surface area contributed by atoms with Gasteiger partial charge in [-0.15, -0.1) is 0 Å². The fraction of sp³-hybridized carbons (Fsp3) is 0.778. The van der Waals surface area contributed by atoms with Gasteiger partial charge in [-0.25, -0.2) is 0 Å². The molecule has 1 aliphatic carbocycles. The minimum absolute atomic E-state index is 0.271. The van der Waals surface area contributed by atoms with Crippen molar-refractivity contribution in [3.63, 3.8) is 0 Å². The van der Waals surface area contributed by atoms with Gasteiger partial charge in [0.25, 0.3) is 0 Å². The second-order valence-corrected chi connectivity index (χ2v) is 3.78. The van der Waals surface area contributed by atoms with Crippen molar-refractivity contribution in [2.45, 2.75) is 38.5 Å². The minimum atomic E-state index is -0.407. The molecule has 3 nitrogen and oxygen atoms in total. The highest BCUT2D eigenvalue weighted by atomic mass is 16.6. The van der Waals surface area contributed by atoms with E-state index in [0.717, 1.165) is 25.7 Å². The second-order valence-electron chi connectivity index (χ2n) is 3.78. The van der Waals surface area contributed by atoms with E-state index in [1.807, 2.05) is 0 Å². The number of carbonyl (C=O) groups is 2. The number of hydrogen-bond acceptors (Lipinski definition) is 3. The Labute approximate surface area is 71.1 Å². The maximum Gasteiger partial charge on any atom is 0.320 e. The van der Waals surface area contributed by atoms with Crippen LogP contribution in [-0.2, 0) is 14.3 Å². The van der Waals surface area contributed by atoms with E-state index in [0.29, 0.717) is 6.42 Å². The fourth-order valence-corrected chi connectivity index (χ4v) is 2.21. The van der Waals surface area contributed by atoms with Crippen molar-refractivity contribution in [2.24, 2.45) is 5.41 Å². The Morgan fingerprint density at radius 2 is 1.75 bits per heavy atom. The summed E-state index contributed by atoms with van der Waals surface area (Å²) in [5, 5.41) is 0. The van der Waals surface area contributed by atoms with Crippen LogP contribution in [0.15, 0.2) is 0 Å². The molecular weight excluding hydrogens is 156 g/mol. The molecule has 0 unspecified atom stereocenters. The predicted molar refractivity (Wildman–Crippen MR) is 41.2 cm³/mol. The van der Waals surface area contributed by atoms with Gasteiger partial charge in [0.1, 0.15) is 0 Å². The fourth-order valence-electron chi connectivity index (χ4n) is 2.21. The van der Waals surface area contributed by atoms with Crippen molar-refractivity contribution in [3.05, 3.63) is 0 Å². The molecule has 12 heavy (non-hydrogen) atoms. The number of ether oxygens (including phenoxy) is 1. The van der Waals surface area contributed by atoms with Crippen LogP contribution in [0.5, 0.6) is 0 Å². The van der Waals surface area contributed by atoms with Crippen molar-refractivity contribution in [1.82, 2.24) is 0 Å². The predicted octanol–water partition coefficient (Wildman–Crippen LogP) is 1.41. The molecule has 0 N–H and O–H groups in total. The van der Waals surface area contributed by atoms with Gasteiger partial charge >= 0.3 is 11.9 Å². The van der Waals surface area contributed by atoms with Crippen molar-refractivity contribution >= 4 is 11.9 Å². The quantitative estimate of drug-likeness (QED) is 0.405. The van der Waals surface area contributed by atoms with E-state index in [1.54, 1.807) is 0 Å². The SMILES string of the molecule is O=C1CC2(CCCCC2)C(=O)O1. The van der Waals surface area contributed by atoms with Gasteiger partial charge < -0.3 is 4.74 Å². The first-order valence-corrected chi connectivity index (χ1v) is 4.48. The Bertz CT molecular complexity index is 226. The Kier molecular flexibility index (Phi) is 1.67. The van der Waals surface area contributed by atoms with Crippen LogP contribution >= 0.6 is 0 Å². The lowest BCUT2D eigenvalue weighted by Gasteiger charge is -2.27. The smallest absolute Gasteiger partial charge is 0.320 e. The van der Waals surface area contributed by atoms with Crippen LogP contribution in [0.2, 0.25) is 0 Å². The molecule has 0 amide bonds. The summed E-state index contributed by atoms with van der Waals surface area (Å²) >= 11 is 0. The zero-order valence-electron chi connectivity index (χ0n) is 6.97. The van der Waals surface area contributed by atoms with Gasteiger partial charge in [-0.05, 0) is 12.8 Å². The Morgan fingerprint density at radius 3 is 2.25 bits per heavy atom. The maximum atomic E-state index is 11.3. The molecule has 0 aromatic carbocycles. The van der Waals surface area contributed by atoms with E-state index >= 15 is 0 Å². The normalized spacial score (nSPS) is 27.7. The van der Waals surface area contributed by atoms with Gasteiger partial charge in [0.05, 0.1) is 11.8 Å². The molecule has 2 aliphatic rings. The summed E-state index contributed by atoms with van der Waals surface area (Å²) < 4.78 is 4.58. The molecule has 2 rings (SSSR count). The molecular formula is C9H12O3. The summed E-state index contributed by atoms with van der Waals surface area (Å²) in [5.41, 5.74) is -0.407. The number of rotatable bonds is 0. The summed E-state index contributed by atoms with van der Waals surface area (Å²) in [6, 6.07) is 0. The summed E-state index contributed by atoms with van der Waals surface area (Å²) in [7, 11) is 0. The molecule has 0 bridgehead atoms. The first-order chi connectivity index (χ1) is 5.73. The van der Waals surface area contributed by atoms with Crippen LogP contribution in [-0.4, -0.2) is 11.9 Å². The van der Waals surface area contributed by atoms with Gasteiger partial charge in [0, 0.05) is 0 Å². The first kappa shape index (κ1) is 7.77. The average molecular weight is 168 g/mol. The van der Waals surface area contributed by atoms with E-state index < -0.39 is 5.41 Å². The van der Waals surface area contributed by atoms with Crippen LogP contribution in [0.1, 0.15) is 38.5 Å². The standard InChI is InChI=1S/C9H12O3/c10-7-6-9(8(11)12-7)4-2-1-3-5-9/h1-6H2. The molecule has 3 heteroatoms. The van der Waals surface area contributed by atoms with Gasteiger partial charge in [0.15, 0.2) is 0 Å². The van der Waals surface area contributed by atoms with Gasteiger partial charge in [-0.3, -0.25) is 9.59 Å². The molecule has 1 saturated heterocycles. The van der Waals surface area contributed by atoms with Gasteiger partial charge in [-0.1, -0.05) is 19.3 Å². The van der Waals surface area contributed by atoms with E-state index in [-0.39, 0.29) is 11.9 Å². The average Bonchev–Trinajstić information content (AvgIpc) is 2.29. The van der Waals surface area contributed by atoms with Crippen LogP contribution in [0.3, 0.4) is 0 Å². The highest BCUT2D eigenvalue weighted by Gasteiger charge is 2.49. The van der Waals surface area contributed by atoms with Crippen LogP contribution in [0, 0.1) is 5.41 Å². The lowest BCUT2D eigenvalue weighted by molar-refractivity contribution is -0.155. The summed E-state index contributed by atoms with van der Waals surface area (Å²) in [6.07, 6.45) is 5.31. The molecule has 66 valence electrons. The number of hydrogen-bond donors (Lipinski definition) is 0. The third kappa shape index (κ3) is 1.04. The van der Waals surface area contributed by atoms with E-state index in [9.17, 15) is 9.59 Å². The highest BCUT2D eigenvalue weighted by Crippen LogP contribution is 2.43. The van der Waals surface area contributed by atoms with Gasteiger partial charge in [0.2, 0.25) is 0 Å². The largest absolute Gasteiger partial charge is 0.393 e. The molecule has 1 aliphatic heterocycles. The molecule has 1 spiro atoms. The summed E-state index contributed by atoms with van der Waals surface area (Å²) in [5.74, 6) is -0.603. The van der Waals surface area contributed by atoms with E-state index in [1.165, 1.54) is 6.42 Å². The lowest BCUT2D eigenvalue weighted by Crippen LogP contribution is -2.28. The third-order valence-electron chi connectivity index (χ3n) is 2.93. The zero-order valence-corrected chi connectivity index (χ0v) is 6.97. The Morgan fingerprint density at radius 1 is 1.08 bits per heavy atom. The summed E-state index contributed by atoms with van der Waals surface area (Å²) in [6.45, 7) is 0. The topological polar surface area (TPSA) is 43.4 Å². The zero-order chi connectivity index (χ0) is 8.60. The van der Waals surface area contributed by atoms with Crippen molar-refractivity contribution in [3.8, 4) is 0 Å².